The first-order chi connectivity index (χ1) is 9.90. The second-order valence-electron chi connectivity index (χ2n) is 5.05. The number of nitrogens with zero attached hydrogens (tertiary/aromatic N) is 3. The molecule has 0 fully saturated rings. The van der Waals surface area contributed by atoms with E-state index in [0.29, 0.717) is 0 Å². The van der Waals surface area contributed by atoms with Crippen molar-refractivity contribution >= 4 is 54.5 Å². The van der Waals surface area contributed by atoms with Crippen LogP contribution in [0.2, 0.25) is 0 Å². The Hall–Kier alpha value is 0.0400. The predicted molar refractivity (Wildman–Crippen MR) is 101 cm³/mol. The van der Waals surface area contributed by atoms with E-state index >= 15 is 0 Å². The number of likely N-dealkylation sites (N-methyl/N-ethyl adjacent to an activating group) is 1. The van der Waals surface area contributed by atoms with Crippen molar-refractivity contribution in [3.63, 3.8) is 0 Å². The third kappa shape index (κ3) is 4.28. The Morgan fingerprint density at radius 1 is 1.33 bits per heavy atom. The maximum absolute atomic E-state index is 6.50. The number of hydrogen-bond donors (Lipinski definition) is 1. The van der Waals surface area contributed by atoms with E-state index < -0.39 is 0 Å². The Labute approximate surface area is 155 Å². The van der Waals surface area contributed by atoms with Crippen LogP contribution in [0, 0.1) is 3.57 Å². The van der Waals surface area contributed by atoms with E-state index in [9.17, 15) is 0 Å². The molecule has 7 heteroatoms. The average Bonchev–Trinajstić information content (AvgIpc) is 2.79. The zero-order chi connectivity index (χ0) is 15.6. The lowest BCUT2D eigenvalue weighted by Crippen LogP contribution is -2.23. The molecule has 0 saturated carbocycles. The number of rotatable bonds is 5. The van der Waals surface area contributed by atoms with Crippen molar-refractivity contribution in [3.8, 4) is 0 Å². The molecule has 2 rings (SSSR count). The van der Waals surface area contributed by atoms with Gasteiger partial charge in [0, 0.05) is 14.6 Å². The van der Waals surface area contributed by atoms with Gasteiger partial charge in [-0.25, -0.2) is 0 Å². The van der Waals surface area contributed by atoms with Gasteiger partial charge in [0.1, 0.15) is 0 Å². The third-order valence-corrected chi connectivity index (χ3v) is 5.18. The molecule has 2 aromatic rings. The minimum atomic E-state index is -0.229. The summed E-state index contributed by atoms with van der Waals surface area (Å²) in [4.78, 5) is 2.13. The van der Waals surface area contributed by atoms with Crippen LogP contribution in [-0.2, 0) is 6.54 Å². The van der Waals surface area contributed by atoms with Crippen molar-refractivity contribution in [2.45, 2.75) is 12.6 Å². The molecule has 114 valence electrons. The van der Waals surface area contributed by atoms with Crippen LogP contribution in [0.4, 0.5) is 0 Å². The normalized spacial score (nSPS) is 12.9. The fourth-order valence-electron chi connectivity index (χ4n) is 2.05. The fraction of sp³-hybridized carbons (Fsp3) is 0.357. The highest BCUT2D eigenvalue weighted by Crippen LogP contribution is 2.32. The summed E-state index contributed by atoms with van der Waals surface area (Å²) < 4.78 is 5.10. The van der Waals surface area contributed by atoms with Gasteiger partial charge < -0.3 is 10.6 Å². The van der Waals surface area contributed by atoms with Gasteiger partial charge in [0.25, 0.3) is 0 Å². The van der Waals surface area contributed by atoms with Gasteiger partial charge in [-0.05, 0) is 76.4 Å². The molecule has 1 aromatic carbocycles. The van der Waals surface area contributed by atoms with Crippen molar-refractivity contribution in [2.24, 2.45) is 5.73 Å². The van der Waals surface area contributed by atoms with E-state index in [2.05, 4.69) is 76.6 Å². The van der Waals surface area contributed by atoms with Crippen molar-refractivity contribution < 1.29 is 0 Å². The smallest absolute Gasteiger partial charge is 0.0746 e. The Morgan fingerprint density at radius 3 is 2.71 bits per heavy atom. The molecule has 1 heterocycles. The predicted octanol–water partition coefficient (Wildman–Crippen LogP) is 3.62. The van der Waals surface area contributed by atoms with Gasteiger partial charge in [0.05, 0.1) is 29.0 Å². The van der Waals surface area contributed by atoms with E-state index in [0.717, 1.165) is 36.9 Å². The van der Waals surface area contributed by atoms with Gasteiger partial charge in [-0.2, -0.15) is 5.10 Å². The molecule has 0 bridgehead atoms. The summed E-state index contributed by atoms with van der Waals surface area (Å²) in [5, 5.41) is 4.43. The van der Waals surface area contributed by atoms with Crippen molar-refractivity contribution in [1.29, 1.82) is 0 Å². The zero-order valence-electron chi connectivity index (χ0n) is 11.9. The molecular formula is C14H17Br2IN4. The Bertz CT molecular complexity index is 627. The largest absolute Gasteiger partial charge is 0.319 e. The summed E-state index contributed by atoms with van der Waals surface area (Å²) in [6, 6.07) is 5.96. The molecule has 2 N–H and O–H groups in total. The third-order valence-electron chi connectivity index (χ3n) is 3.18. The number of nitrogens with two attached hydrogens (primary N) is 1. The molecule has 0 aliphatic heterocycles. The molecule has 0 aliphatic rings. The average molecular weight is 528 g/mol. The van der Waals surface area contributed by atoms with Crippen molar-refractivity contribution in [3.05, 3.63) is 48.2 Å². The van der Waals surface area contributed by atoms with Gasteiger partial charge >= 0.3 is 0 Å². The summed E-state index contributed by atoms with van der Waals surface area (Å²) in [6.07, 6.45) is 1.81. The highest BCUT2D eigenvalue weighted by Gasteiger charge is 2.20. The second kappa shape index (κ2) is 7.54. The Morgan fingerprint density at radius 2 is 2.05 bits per heavy atom. The van der Waals surface area contributed by atoms with Gasteiger partial charge in [0.15, 0.2) is 0 Å². The quantitative estimate of drug-likeness (QED) is 0.604. The van der Waals surface area contributed by atoms with E-state index in [-0.39, 0.29) is 6.04 Å². The van der Waals surface area contributed by atoms with E-state index in [1.54, 1.807) is 0 Å². The fourth-order valence-corrected chi connectivity index (χ4v) is 3.61. The Balaban J connectivity index is 2.36. The number of halogens is 3. The minimum absolute atomic E-state index is 0.229. The first kappa shape index (κ1) is 17.4. The standard InChI is InChI=1S/C14H17Br2IN4/c1-20(2)5-6-21-14(12(16)8-19-21)13(18)10-7-9(17)3-4-11(10)15/h3-4,7-8,13H,5-6,18H2,1-2H3. The van der Waals surface area contributed by atoms with Crippen LogP contribution in [0.15, 0.2) is 33.3 Å². The molecule has 4 nitrogen and oxygen atoms in total. The van der Waals surface area contributed by atoms with Gasteiger partial charge in [-0.1, -0.05) is 15.9 Å². The molecule has 0 amide bonds. The maximum atomic E-state index is 6.50. The molecule has 21 heavy (non-hydrogen) atoms. The van der Waals surface area contributed by atoms with E-state index in [1.165, 1.54) is 0 Å². The summed E-state index contributed by atoms with van der Waals surface area (Å²) in [5.74, 6) is 0. The zero-order valence-corrected chi connectivity index (χ0v) is 17.2. The highest BCUT2D eigenvalue weighted by atomic mass is 127. The van der Waals surface area contributed by atoms with E-state index in [4.69, 9.17) is 5.73 Å². The van der Waals surface area contributed by atoms with Crippen LogP contribution >= 0.6 is 54.5 Å². The molecule has 1 atom stereocenters. The van der Waals surface area contributed by atoms with Crippen molar-refractivity contribution in [2.75, 3.05) is 20.6 Å². The molecule has 1 unspecified atom stereocenters. The number of benzene rings is 1. The lowest BCUT2D eigenvalue weighted by atomic mass is 10.0. The van der Waals surface area contributed by atoms with Gasteiger partial charge in [-0.15, -0.1) is 0 Å². The van der Waals surface area contributed by atoms with Crippen LogP contribution < -0.4 is 5.73 Å². The number of aromatic nitrogens is 2. The Kier molecular flexibility index (Phi) is 6.25. The lowest BCUT2D eigenvalue weighted by molar-refractivity contribution is 0.368. The molecular weight excluding hydrogens is 511 g/mol. The van der Waals surface area contributed by atoms with Crippen LogP contribution in [0.1, 0.15) is 17.3 Å². The monoisotopic (exact) mass is 526 g/mol. The molecule has 0 saturated heterocycles. The second-order valence-corrected chi connectivity index (χ2v) is 8.00. The molecule has 0 spiro atoms. The van der Waals surface area contributed by atoms with Gasteiger partial charge in [-0.3, -0.25) is 4.68 Å². The SMILES string of the molecule is CN(C)CCn1ncc(Br)c1C(N)c1cc(I)ccc1Br. The summed E-state index contributed by atoms with van der Waals surface area (Å²) >= 11 is 9.46. The maximum Gasteiger partial charge on any atom is 0.0746 e. The topological polar surface area (TPSA) is 47.1 Å². The summed E-state index contributed by atoms with van der Waals surface area (Å²) in [7, 11) is 4.10. The van der Waals surface area contributed by atoms with Crippen LogP contribution in [0.5, 0.6) is 0 Å². The summed E-state index contributed by atoms with van der Waals surface area (Å²) in [6.45, 7) is 1.73. The molecule has 0 aliphatic carbocycles. The van der Waals surface area contributed by atoms with Gasteiger partial charge in [0.2, 0.25) is 0 Å². The lowest BCUT2D eigenvalue weighted by Gasteiger charge is -2.18. The van der Waals surface area contributed by atoms with Crippen LogP contribution in [0.25, 0.3) is 0 Å². The molecule has 1 aromatic heterocycles. The number of hydrogen-bond acceptors (Lipinski definition) is 3. The van der Waals surface area contributed by atoms with E-state index in [1.807, 2.05) is 31.0 Å². The minimum Gasteiger partial charge on any atom is -0.319 e. The van der Waals surface area contributed by atoms with Crippen molar-refractivity contribution in [1.82, 2.24) is 14.7 Å². The summed E-state index contributed by atoms with van der Waals surface area (Å²) in [5.41, 5.74) is 8.56. The highest BCUT2D eigenvalue weighted by molar-refractivity contribution is 14.1. The van der Waals surface area contributed by atoms with Crippen LogP contribution in [-0.4, -0.2) is 35.3 Å². The first-order valence-electron chi connectivity index (χ1n) is 6.46. The first-order valence-corrected chi connectivity index (χ1v) is 9.13. The van der Waals surface area contributed by atoms with Crippen LogP contribution in [0.3, 0.4) is 0 Å². The molecule has 0 radical (unpaired) electrons.